The highest BCUT2D eigenvalue weighted by molar-refractivity contribution is 7.90. The van der Waals surface area contributed by atoms with Crippen LogP contribution in [0.3, 0.4) is 0 Å². The van der Waals surface area contributed by atoms with E-state index < -0.39 is 14.8 Å². The molecule has 0 fully saturated rings. The number of hydrogen-bond acceptors (Lipinski definition) is 7. The van der Waals surface area contributed by atoms with E-state index >= 15 is 0 Å². The summed E-state index contributed by atoms with van der Waals surface area (Å²) in [4.78, 5) is 26.8. The fourth-order valence-corrected chi connectivity index (χ4v) is 4.94. The van der Waals surface area contributed by atoms with E-state index in [2.05, 4.69) is 10.3 Å². The SMILES string of the molecule is O=C(CCCS(=O)(=O)Cc1ccccc1)Nc1nc(-c2cccc([N+](=O)[O-])c2)cs1. The van der Waals surface area contributed by atoms with Crippen molar-refractivity contribution in [2.75, 3.05) is 11.1 Å². The highest BCUT2D eigenvalue weighted by Crippen LogP contribution is 2.27. The van der Waals surface area contributed by atoms with Gasteiger partial charge in [-0.15, -0.1) is 11.3 Å². The summed E-state index contributed by atoms with van der Waals surface area (Å²) in [6, 6.07) is 15.0. The minimum Gasteiger partial charge on any atom is -0.302 e. The Morgan fingerprint density at radius 1 is 1.13 bits per heavy atom. The molecule has 0 radical (unpaired) electrons. The first-order valence-electron chi connectivity index (χ1n) is 9.07. The molecule has 1 amide bonds. The molecule has 30 heavy (non-hydrogen) atoms. The van der Waals surface area contributed by atoms with Crippen LogP contribution in [0.5, 0.6) is 0 Å². The molecule has 0 bridgehead atoms. The summed E-state index contributed by atoms with van der Waals surface area (Å²) in [5.74, 6) is -0.453. The van der Waals surface area contributed by atoms with Crippen molar-refractivity contribution >= 4 is 37.9 Å². The van der Waals surface area contributed by atoms with E-state index in [1.807, 2.05) is 6.07 Å². The Morgan fingerprint density at radius 2 is 1.90 bits per heavy atom. The molecule has 0 saturated heterocycles. The number of hydrogen-bond donors (Lipinski definition) is 1. The first kappa shape index (κ1) is 21.6. The first-order chi connectivity index (χ1) is 14.3. The van der Waals surface area contributed by atoms with Crippen molar-refractivity contribution in [3.8, 4) is 11.3 Å². The van der Waals surface area contributed by atoms with Gasteiger partial charge in [0.25, 0.3) is 5.69 Å². The number of non-ortho nitro benzene ring substituents is 1. The van der Waals surface area contributed by atoms with Crippen LogP contribution in [-0.4, -0.2) is 30.0 Å². The van der Waals surface area contributed by atoms with Crippen molar-refractivity contribution in [3.05, 3.63) is 75.7 Å². The molecule has 0 spiro atoms. The summed E-state index contributed by atoms with van der Waals surface area (Å²) in [5, 5.41) is 15.6. The molecule has 0 saturated carbocycles. The van der Waals surface area contributed by atoms with Crippen molar-refractivity contribution in [2.24, 2.45) is 0 Å². The van der Waals surface area contributed by atoms with Crippen molar-refractivity contribution in [1.82, 2.24) is 4.98 Å². The van der Waals surface area contributed by atoms with E-state index in [0.29, 0.717) is 16.4 Å². The van der Waals surface area contributed by atoms with Gasteiger partial charge in [-0.25, -0.2) is 13.4 Å². The van der Waals surface area contributed by atoms with Crippen molar-refractivity contribution in [3.63, 3.8) is 0 Å². The lowest BCUT2D eigenvalue weighted by atomic mass is 10.1. The second kappa shape index (κ2) is 9.59. The number of sulfone groups is 1. The smallest absolute Gasteiger partial charge is 0.270 e. The molecular formula is C20H19N3O5S2. The summed E-state index contributed by atoms with van der Waals surface area (Å²) in [7, 11) is -3.29. The highest BCUT2D eigenvalue weighted by Gasteiger charge is 2.14. The molecule has 0 aliphatic rings. The summed E-state index contributed by atoms with van der Waals surface area (Å²) in [6.07, 6.45) is 0.268. The van der Waals surface area contributed by atoms with Crippen molar-refractivity contribution < 1.29 is 18.1 Å². The lowest BCUT2D eigenvalue weighted by Crippen LogP contribution is -2.15. The number of carbonyl (C=O) groups is 1. The number of carbonyl (C=O) groups excluding carboxylic acids is 1. The molecule has 1 N–H and O–H groups in total. The second-order valence-corrected chi connectivity index (χ2v) is 9.62. The Balaban J connectivity index is 1.51. The maximum atomic E-state index is 12.2. The van der Waals surface area contributed by atoms with Gasteiger partial charge in [0.15, 0.2) is 15.0 Å². The molecule has 1 aromatic heterocycles. The van der Waals surface area contributed by atoms with E-state index in [9.17, 15) is 23.3 Å². The van der Waals surface area contributed by atoms with Crippen LogP contribution in [0, 0.1) is 10.1 Å². The van der Waals surface area contributed by atoms with Crippen LogP contribution >= 0.6 is 11.3 Å². The minimum absolute atomic E-state index is 0.0391. The zero-order chi connectivity index (χ0) is 21.6. The van der Waals surface area contributed by atoms with Gasteiger partial charge in [-0.1, -0.05) is 42.5 Å². The van der Waals surface area contributed by atoms with Gasteiger partial charge in [-0.2, -0.15) is 0 Å². The molecule has 1 heterocycles. The third-order valence-electron chi connectivity index (χ3n) is 4.19. The Hall–Kier alpha value is -3.11. The fourth-order valence-electron chi connectivity index (χ4n) is 2.78. The minimum atomic E-state index is -3.29. The Labute approximate surface area is 177 Å². The first-order valence-corrected chi connectivity index (χ1v) is 11.8. The van der Waals surface area contributed by atoms with Crippen LogP contribution in [-0.2, 0) is 20.4 Å². The molecule has 3 rings (SSSR count). The average Bonchev–Trinajstić information content (AvgIpc) is 3.16. The van der Waals surface area contributed by atoms with Crippen LogP contribution in [0.15, 0.2) is 60.0 Å². The van der Waals surface area contributed by atoms with Gasteiger partial charge >= 0.3 is 0 Å². The monoisotopic (exact) mass is 445 g/mol. The maximum Gasteiger partial charge on any atom is 0.270 e. The molecule has 2 aromatic carbocycles. The van der Waals surface area contributed by atoms with Gasteiger partial charge in [0.1, 0.15) is 0 Å². The zero-order valence-electron chi connectivity index (χ0n) is 15.9. The Bertz CT molecular complexity index is 1140. The summed E-state index contributed by atoms with van der Waals surface area (Å²) in [6.45, 7) is 0. The fraction of sp³-hybridized carbons (Fsp3) is 0.200. The Kier molecular flexibility index (Phi) is 6.91. The van der Waals surface area contributed by atoms with Gasteiger partial charge in [0.05, 0.1) is 22.1 Å². The van der Waals surface area contributed by atoms with Gasteiger partial charge in [0, 0.05) is 29.5 Å². The topological polar surface area (TPSA) is 119 Å². The predicted molar refractivity (Wildman–Crippen MR) is 116 cm³/mol. The summed E-state index contributed by atoms with van der Waals surface area (Å²) < 4.78 is 24.4. The highest BCUT2D eigenvalue weighted by atomic mass is 32.2. The quantitative estimate of drug-likeness (QED) is 0.392. The van der Waals surface area contributed by atoms with E-state index in [-0.39, 0.29) is 35.9 Å². The van der Waals surface area contributed by atoms with Crippen LogP contribution < -0.4 is 5.32 Å². The van der Waals surface area contributed by atoms with Crippen molar-refractivity contribution in [1.29, 1.82) is 0 Å². The number of thiazole rings is 1. The molecule has 3 aromatic rings. The molecule has 0 unspecified atom stereocenters. The second-order valence-electron chi connectivity index (χ2n) is 6.57. The molecule has 156 valence electrons. The number of aromatic nitrogens is 1. The molecular weight excluding hydrogens is 426 g/mol. The van der Waals surface area contributed by atoms with Gasteiger partial charge < -0.3 is 5.32 Å². The number of rotatable bonds is 9. The third-order valence-corrected chi connectivity index (χ3v) is 6.63. The summed E-state index contributed by atoms with van der Waals surface area (Å²) >= 11 is 1.20. The van der Waals surface area contributed by atoms with Gasteiger partial charge in [0.2, 0.25) is 5.91 Å². The summed E-state index contributed by atoms with van der Waals surface area (Å²) in [5.41, 5.74) is 1.78. The number of nitro groups is 1. The van der Waals surface area contributed by atoms with Gasteiger partial charge in [-0.3, -0.25) is 14.9 Å². The lowest BCUT2D eigenvalue weighted by Gasteiger charge is -2.05. The number of amides is 1. The predicted octanol–water partition coefficient (Wildman–Crippen LogP) is 4.05. The average molecular weight is 446 g/mol. The van der Waals surface area contributed by atoms with Crippen LogP contribution in [0.25, 0.3) is 11.3 Å². The molecule has 8 nitrogen and oxygen atoms in total. The normalized spacial score (nSPS) is 11.2. The number of nitrogens with one attached hydrogen (secondary N) is 1. The van der Waals surface area contributed by atoms with E-state index in [0.717, 1.165) is 5.56 Å². The van der Waals surface area contributed by atoms with Crippen molar-refractivity contribution in [2.45, 2.75) is 18.6 Å². The number of anilines is 1. The van der Waals surface area contributed by atoms with E-state index in [1.165, 1.54) is 23.5 Å². The lowest BCUT2D eigenvalue weighted by molar-refractivity contribution is -0.384. The molecule has 10 heteroatoms. The molecule has 0 aliphatic heterocycles. The van der Waals surface area contributed by atoms with Crippen LogP contribution in [0.4, 0.5) is 10.8 Å². The number of nitrogens with zero attached hydrogens (tertiary/aromatic N) is 2. The molecule has 0 aliphatic carbocycles. The zero-order valence-corrected chi connectivity index (χ0v) is 17.5. The van der Waals surface area contributed by atoms with E-state index in [4.69, 9.17) is 0 Å². The van der Waals surface area contributed by atoms with Gasteiger partial charge in [-0.05, 0) is 12.0 Å². The maximum absolute atomic E-state index is 12.2. The number of nitro benzene ring substituents is 1. The third kappa shape index (κ3) is 6.19. The number of benzene rings is 2. The van der Waals surface area contributed by atoms with E-state index in [1.54, 1.807) is 41.8 Å². The van der Waals surface area contributed by atoms with Crippen LogP contribution in [0.1, 0.15) is 18.4 Å². The Morgan fingerprint density at radius 3 is 2.63 bits per heavy atom. The molecule has 0 atom stereocenters. The van der Waals surface area contributed by atoms with Crippen LogP contribution in [0.2, 0.25) is 0 Å². The largest absolute Gasteiger partial charge is 0.302 e. The standard InChI is InChI=1S/C20H19N3O5S2/c24-19(10-5-11-30(27,28)14-15-6-2-1-3-7-15)22-20-21-18(13-29-20)16-8-4-9-17(12-16)23(25)26/h1-4,6-9,12-13H,5,10-11,14H2,(H,21,22,24).